The molecule has 0 bridgehead atoms. The van der Waals surface area contributed by atoms with E-state index in [1.807, 2.05) is 0 Å². The lowest BCUT2D eigenvalue weighted by Crippen LogP contribution is -2.23. The summed E-state index contributed by atoms with van der Waals surface area (Å²) in [6.45, 7) is 28.1. The monoisotopic (exact) mass is 600 g/mol. The highest BCUT2D eigenvalue weighted by atomic mass is 31.2. The summed E-state index contributed by atoms with van der Waals surface area (Å²) in [4.78, 5) is 9.43. The van der Waals surface area contributed by atoms with Crippen LogP contribution in [0.25, 0.3) is 0 Å². The molecule has 0 saturated carbocycles. The molecular weight excluding hydrogens is 539 g/mol. The maximum absolute atomic E-state index is 11.5. The predicted molar refractivity (Wildman–Crippen MR) is 180 cm³/mol. The van der Waals surface area contributed by atoms with E-state index in [0.29, 0.717) is 5.92 Å². The van der Waals surface area contributed by atoms with Gasteiger partial charge in [-0.3, -0.25) is 9.05 Å². The SMILES string of the molecule is COP(=O)(O)OCCCCCCCC(c1ccc(C(C)(C)C)cc1C(C)(C)C)c1ccc(C(C)(C)C)cc1C(C)(C)C. The average molecular weight is 601 g/mol. The van der Waals surface area contributed by atoms with Gasteiger partial charge in [0.25, 0.3) is 0 Å². The summed E-state index contributed by atoms with van der Waals surface area (Å²) in [5, 5.41) is 0. The standard InChI is InChI=1S/C37H61O4P/c1-34(2,3)27-20-22-30(32(25-27)36(7,8)9)29(19-17-15-14-16-18-24-41-42(38,39)40-13)31-23-21-28(35(4,5)6)26-33(31)37(10,11)12/h20-23,25-26,29H,14-19,24H2,1-13H3,(H,38,39). The summed E-state index contributed by atoms with van der Waals surface area (Å²) in [5.74, 6) is 0.307. The van der Waals surface area contributed by atoms with Gasteiger partial charge in [0.2, 0.25) is 0 Å². The van der Waals surface area contributed by atoms with Crippen molar-refractivity contribution in [3.8, 4) is 0 Å². The Bertz CT molecular complexity index is 1130. The second kappa shape index (κ2) is 14.1. The highest BCUT2D eigenvalue weighted by Crippen LogP contribution is 2.44. The summed E-state index contributed by atoms with van der Waals surface area (Å²) in [7, 11) is -2.69. The number of unbranched alkanes of at least 4 members (excludes halogenated alkanes) is 4. The van der Waals surface area contributed by atoms with Crippen molar-refractivity contribution < 1.29 is 18.5 Å². The summed E-state index contributed by atoms with van der Waals surface area (Å²) in [6.07, 6.45) is 6.12. The van der Waals surface area contributed by atoms with Gasteiger partial charge in [0.05, 0.1) is 6.61 Å². The van der Waals surface area contributed by atoms with E-state index in [4.69, 9.17) is 4.52 Å². The van der Waals surface area contributed by atoms with E-state index in [2.05, 4.69) is 124 Å². The Balaban J connectivity index is 2.48. The first-order chi connectivity index (χ1) is 19.1. The van der Waals surface area contributed by atoms with Crippen LogP contribution < -0.4 is 0 Å². The molecule has 0 amide bonds. The van der Waals surface area contributed by atoms with Crippen LogP contribution in [0.5, 0.6) is 0 Å². The number of hydrogen-bond acceptors (Lipinski definition) is 3. The molecule has 0 saturated heterocycles. The van der Waals surface area contributed by atoms with Crippen molar-refractivity contribution in [2.24, 2.45) is 0 Å². The Hall–Kier alpha value is -1.45. The van der Waals surface area contributed by atoms with E-state index in [9.17, 15) is 9.46 Å². The molecule has 0 spiro atoms. The molecular formula is C37H61O4P. The lowest BCUT2D eigenvalue weighted by atomic mass is 9.70. The normalized spacial score (nSPS) is 14.8. The van der Waals surface area contributed by atoms with Crippen LogP contribution in [0.3, 0.4) is 0 Å². The molecule has 0 aliphatic rings. The molecule has 0 radical (unpaired) electrons. The van der Waals surface area contributed by atoms with Crippen LogP contribution in [0.1, 0.15) is 161 Å². The molecule has 2 aromatic carbocycles. The summed E-state index contributed by atoms with van der Waals surface area (Å²) < 4.78 is 21.0. The molecule has 0 heterocycles. The molecule has 5 heteroatoms. The third-order valence-corrected chi connectivity index (χ3v) is 9.30. The van der Waals surface area contributed by atoms with E-state index >= 15 is 0 Å². The van der Waals surface area contributed by atoms with Crippen molar-refractivity contribution in [2.75, 3.05) is 13.7 Å². The summed E-state index contributed by atoms with van der Waals surface area (Å²) in [5.41, 5.74) is 8.81. The zero-order chi connectivity index (χ0) is 32.1. The maximum atomic E-state index is 11.5. The van der Waals surface area contributed by atoms with Crippen LogP contribution in [0.4, 0.5) is 0 Å². The molecule has 0 aliphatic heterocycles. The minimum absolute atomic E-state index is 0.0242. The van der Waals surface area contributed by atoms with Gasteiger partial charge in [0.15, 0.2) is 0 Å². The minimum atomic E-state index is -3.88. The molecule has 238 valence electrons. The van der Waals surface area contributed by atoms with E-state index in [1.165, 1.54) is 40.5 Å². The van der Waals surface area contributed by atoms with Gasteiger partial charge in [-0.1, -0.05) is 145 Å². The Morgan fingerprint density at radius 2 is 1.05 bits per heavy atom. The van der Waals surface area contributed by atoms with Crippen LogP contribution in [0.15, 0.2) is 36.4 Å². The van der Waals surface area contributed by atoms with Crippen LogP contribution in [-0.4, -0.2) is 18.6 Å². The third kappa shape index (κ3) is 10.6. The van der Waals surface area contributed by atoms with Gasteiger partial charge in [-0.15, -0.1) is 0 Å². The second-order valence-corrected chi connectivity index (χ2v) is 17.8. The van der Waals surface area contributed by atoms with Gasteiger partial charge >= 0.3 is 7.82 Å². The fraction of sp³-hybridized carbons (Fsp3) is 0.676. The van der Waals surface area contributed by atoms with Gasteiger partial charge in [-0.05, 0) is 67.9 Å². The zero-order valence-corrected chi connectivity index (χ0v) is 30.0. The van der Waals surface area contributed by atoms with Gasteiger partial charge in [-0.2, -0.15) is 0 Å². The van der Waals surface area contributed by atoms with E-state index in [0.717, 1.165) is 38.5 Å². The van der Waals surface area contributed by atoms with Crippen molar-refractivity contribution >= 4 is 7.82 Å². The number of hydrogen-bond donors (Lipinski definition) is 1. The minimum Gasteiger partial charge on any atom is -0.303 e. The number of phosphoric acid groups is 1. The lowest BCUT2D eigenvalue weighted by molar-refractivity contribution is 0.170. The molecule has 0 aromatic heterocycles. The van der Waals surface area contributed by atoms with Crippen LogP contribution in [0, 0.1) is 0 Å². The lowest BCUT2D eigenvalue weighted by Gasteiger charge is -2.34. The average Bonchev–Trinajstić information content (AvgIpc) is 2.85. The van der Waals surface area contributed by atoms with Crippen molar-refractivity contribution in [3.63, 3.8) is 0 Å². The Morgan fingerprint density at radius 1 is 0.643 bits per heavy atom. The fourth-order valence-electron chi connectivity index (χ4n) is 5.64. The summed E-state index contributed by atoms with van der Waals surface area (Å²) in [6, 6.07) is 14.5. The van der Waals surface area contributed by atoms with Crippen molar-refractivity contribution in [3.05, 3.63) is 69.8 Å². The first kappa shape index (κ1) is 36.7. The largest absolute Gasteiger partial charge is 0.471 e. The quantitative estimate of drug-likeness (QED) is 0.194. The van der Waals surface area contributed by atoms with Crippen LogP contribution >= 0.6 is 7.82 Å². The molecule has 2 aromatic rings. The van der Waals surface area contributed by atoms with E-state index < -0.39 is 7.82 Å². The molecule has 2 rings (SSSR count). The van der Waals surface area contributed by atoms with Gasteiger partial charge in [0, 0.05) is 13.0 Å². The number of phosphoric ester groups is 1. The highest BCUT2D eigenvalue weighted by molar-refractivity contribution is 7.47. The Labute approximate surface area is 258 Å². The molecule has 0 aliphatic carbocycles. The molecule has 1 atom stereocenters. The molecule has 1 N–H and O–H groups in total. The van der Waals surface area contributed by atoms with E-state index in [1.54, 1.807) is 0 Å². The predicted octanol–water partition coefficient (Wildman–Crippen LogP) is 11.1. The fourth-order valence-corrected chi connectivity index (χ4v) is 6.11. The second-order valence-electron chi connectivity index (χ2n) is 16.2. The molecule has 4 nitrogen and oxygen atoms in total. The molecule has 0 fully saturated rings. The van der Waals surface area contributed by atoms with Gasteiger partial charge in [0.1, 0.15) is 0 Å². The number of benzene rings is 2. The summed E-state index contributed by atoms with van der Waals surface area (Å²) >= 11 is 0. The van der Waals surface area contributed by atoms with Gasteiger partial charge < -0.3 is 4.89 Å². The first-order valence-corrected chi connectivity index (χ1v) is 17.4. The molecule has 1 unspecified atom stereocenters. The van der Waals surface area contributed by atoms with Crippen LogP contribution in [0.2, 0.25) is 0 Å². The number of rotatable bonds is 12. The Kier molecular flexibility index (Phi) is 12.3. The van der Waals surface area contributed by atoms with Crippen LogP contribution in [-0.2, 0) is 35.3 Å². The van der Waals surface area contributed by atoms with Crippen molar-refractivity contribution in [1.82, 2.24) is 0 Å². The van der Waals surface area contributed by atoms with Crippen molar-refractivity contribution in [1.29, 1.82) is 0 Å². The maximum Gasteiger partial charge on any atom is 0.471 e. The smallest absolute Gasteiger partial charge is 0.303 e. The Morgan fingerprint density at radius 3 is 1.43 bits per heavy atom. The van der Waals surface area contributed by atoms with Crippen molar-refractivity contribution in [2.45, 2.75) is 149 Å². The topological polar surface area (TPSA) is 55.8 Å². The zero-order valence-electron chi connectivity index (χ0n) is 29.1. The van der Waals surface area contributed by atoms with E-state index in [-0.39, 0.29) is 28.3 Å². The van der Waals surface area contributed by atoms with Gasteiger partial charge in [-0.25, -0.2) is 4.57 Å². The third-order valence-electron chi connectivity index (χ3n) is 8.33. The first-order valence-electron chi connectivity index (χ1n) is 15.9. The highest BCUT2D eigenvalue weighted by Gasteiger charge is 2.30. The molecule has 42 heavy (non-hydrogen) atoms.